The van der Waals surface area contributed by atoms with Gasteiger partial charge in [-0.3, -0.25) is 4.79 Å². The van der Waals surface area contributed by atoms with E-state index in [2.05, 4.69) is 5.32 Å². The second kappa shape index (κ2) is 5.83. The molecule has 0 spiro atoms. The third-order valence-corrected chi connectivity index (χ3v) is 4.22. The first kappa shape index (κ1) is 12.8. The summed E-state index contributed by atoms with van der Waals surface area (Å²) in [5.74, 6) is 0.198. The SMILES string of the molecule is COC1CCC(NC(=O)C2CCCCC2N)C1. The van der Waals surface area contributed by atoms with Crippen molar-refractivity contribution >= 4 is 5.91 Å². The quantitative estimate of drug-likeness (QED) is 0.779. The van der Waals surface area contributed by atoms with E-state index in [1.54, 1.807) is 7.11 Å². The van der Waals surface area contributed by atoms with Crippen molar-refractivity contribution in [2.45, 2.75) is 63.1 Å². The number of nitrogens with one attached hydrogen (secondary N) is 1. The van der Waals surface area contributed by atoms with Crippen LogP contribution in [0.3, 0.4) is 0 Å². The van der Waals surface area contributed by atoms with Crippen LogP contribution in [-0.4, -0.2) is 31.2 Å². The minimum atomic E-state index is 0.0327. The van der Waals surface area contributed by atoms with Crippen LogP contribution < -0.4 is 11.1 Å². The van der Waals surface area contributed by atoms with Gasteiger partial charge in [0.2, 0.25) is 5.91 Å². The van der Waals surface area contributed by atoms with E-state index in [9.17, 15) is 4.79 Å². The second-order valence-electron chi connectivity index (χ2n) is 5.43. The number of carbonyl (C=O) groups excluding carboxylic acids is 1. The van der Waals surface area contributed by atoms with Crippen molar-refractivity contribution in [2.24, 2.45) is 11.7 Å². The summed E-state index contributed by atoms with van der Waals surface area (Å²) >= 11 is 0. The molecule has 2 fully saturated rings. The third kappa shape index (κ3) is 3.19. The van der Waals surface area contributed by atoms with Crippen LogP contribution in [0, 0.1) is 5.92 Å². The lowest BCUT2D eigenvalue weighted by molar-refractivity contribution is -0.127. The molecule has 2 aliphatic carbocycles. The maximum atomic E-state index is 12.1. The summed E-state index contributed by atoms with van der Waals surface area (Å²) in [4.78, 5) is 12.1. The molecule has 0 aromatic rings. The smallest absolute Gasteiger partial charge is 0.224 e. The molecule has 0 saturated heterocycles. The predicted octanol–water partition coefficient (Wildman–Crippen LogP) is 1.19. The maximum absolute atomic E-state index is 12.1. The highest BCUT2D eigenvalue weighted by Gasteiger charge is 2.31. The van der Waals surface area contributed by atoms with Crippen LogP contribution in [0.4, 0.5) is 0 Å². The Hall–Kier alpha value is -0.610. The highest BCUT2D eigenvalue weighted by atomic mass is 16.5. The summed E-state index contributed by atoms with van der Waals surface area (Å²) in [6.45, 7) is 0. The van der Waals surface area contributed by atoms with Crippen molar-refractivity contribution in [3.05, 3.63) is 0 Å². The summed E-state index contributed by atoms with van der Waals surface area (Å²) in [6, 6.07) is 0.352. The zero-order chi connectivity index (χ0) is 12.3. The van der Waals surface area contributed by atoms with E-state index in [4.69, 9.17) is 10.5 Å². The third-order valence-electron chi connectivity index (χ3n) is 4.22. The standard InChI is InChI=1S/C13H24N2O2/c1-17-10-7-6-9(8-10)15-13(16)11-4-2-3-5-12(11)14/h9-12H,2-8,14H2,1H3,(H,15,16). The van der Waals surface area contributed by atoms with Gasteiger partial charge in [-0.2, -0.15) is 0 Å². The molecule has 17 heavy (non-hydrogen) atoms. The van der Waals surface area contributed by atoms with Gasteiger partial charge in [-0.1, -0.05) is 12.8 Å². The molecule has 4 atom stereocenters. The topological polar surface area (TPSA) is 64.3 Å². The van der Waals surface area contributed by atoms with E-state index in [-0.39, 0.29) is 17.9 Å². The molecule has 0 aromatic heterocycles. The molecule has 0 aliphatic heterocycles. The molecule has 4 unspecified atom stereocenters. The molecule has 2 aliphatic rings. The molecule has 0 bridgehead atoms. The largest absolute Gasteiger partial charge is 0.381 e. The lowest BCUT2D eigenvalue weighted by Crippen LogP contribution is -2.46. The van der Waals surface area contributed by atoms with Gasteiger partial charge in [0.15, 0.2) is 0 Å². The van der Waals surface area contributed by atoms with E-state index in [0.29, 0.717) is 12.1 Å². The lowest BCUT2D eigenvalue weighted by atomic mass is 9.84. The molecule has 0 heterocycles. The summed E-state index contributed by atoms with van der Waals surface area (Å²) in [7, 11) is 1.74. The summed E-state index contributed by atoms with van der Waals surface area (Å²) in [5.41, 5.74) is 6.02. The normalized spacial score (nSPS) is 38.0. The molecule has 3 N–H and O–H groups in total. The molecule has 1 amide bonds. The van der Waals surface area contributed by atoms with Gasteiger partial charge in [0.05, 0.1) is 12.0 Å². The van der Waals surface area contributed by atoms with Crippen molar-refractivity contribution in [3.63, 3.8) is 0 Å². The van der Waals surface area contributed by atoms with Crippen LogP contribution in [0.15, 0.2) is 0 Å². The minimum Gasteiger partial charge on any atom is -0.381 e. The molecule has 0 aromatic carbocycles. The Bertz CT molecular complexity index is 270. The fourth-order valence-corrected chi connectivity index (χ4v) is 3.08. The van der Waals surface area contributed by atoms with Crippen LogP contribution in [-0.2, 0) is 9.53 Å². The first-order chi connectivity index (χ1) is 8.20. The molecule has 98 valence electrons. The number of hydrogen-bond acceptors (Lipinski definition) is 3. The Morgan fingerprint density at radius 1 is 1.24 bits per heavy atom. The Morgan fingerprint density at radius 2 is 2.00 bits per heavy atom. The molecule has 0 radical (unpaired) electrons. The van der Waals surface area contributed by atoms with Crippen LogP contribution in [0.1, 0.15) is 44.9 Å². The maximum Gasteiger partial charge on any atom is 0.224 e. The number of hydrogen-bond donors (Lipinski definition) is 2. The van der Waals surface area contributed by atoms with E-state index in [1.165, 1.54) is 6.42 Å². The van der Waals surface area contributed by atoms with E-state index >= 15 is 0 Å². The van der Waals surface area contributed by atoms with Gasteiger partial charge >= 0.3 is 0 Å². The van der Waals surface area contributed by atoms with Crippen LogP contribution >= 0.6 is 0 Å². The van der Waals surface area contributed by atoms with Crippen molar-refractivity contribution in [3.8, 4) is 0 Å². The van der Waals surface area contributed by atoms with Crippen molar-refractivity contribution in [1.29, 1.82) is 0 Å². The summed E-state index contributed by atoms with van der Waals surface area (Å²) in [5, 5.41) is 3.14. The van der Waals surface area contributed by atoms with Crippen molar-refractivity contribution in [1.82, 2.24) is 5.32 Å². The van der Waals surface area contributed by atoms with Gasteiger partial charge in [-0.25, -0.2) is 0 Å². The van der Waals surface area contributed by atoms with Gasteiger partial charge < -0.3 is 15.8 Å². The number of methoxy groups -OCH3 is 1. The summed E-state index contributed by atoms with van der Waals surface area (Å²) < 4.78 is 5.31. The van der Waals surface area contributed by atoms with Gasteiger partial charge in [0.1, 0.15) is 0 Å². The second-order valence-corrected chi connectivity index (χ2v) is 5.43. The van der Waals surface area contributed by atoms with Gasteiger partial charge in [-0.15, -0.1) is 0 Å². The Balaban J connectivity index is 1.80. The Morgan fingerprint density at radius 3 is 2.65 bits per heavy atom. The van der Waals surface area contributed by atoms with Crippen molar-refractivity contribution < 1.29 is 9.53 Å². The van der Waals surface area contributed by atoms with Crippen LogP contribution in [0.2, 0.25) is 0 Å². The first-order valence-corrected chi connectivity index (χ1v) is 6.79. The number of amides is 1. The monoisotopic (exact) mass is 240 g/mol. The van der Waals surface area contributed by atoms with Crippen LogP contribution in [0.5, 0.6) is 0 Å². The Kier molecular flexibility index (Phi) is 4.40. The van der Waals surface area contributed by atoms with Crippen molar-refractivity contribution in [2.75, 3.05) is 7.11 Å². The van der Waals surface area contributed by atoms with Gasteiger partial charge in [0, 0.05) is 19.2 Å². The average molecular weight is 240 g/mol. The van der Waals surface area contributed by atoms with Crippen LogP contribution in [0.25, 0.3) is 0 Å². The number of nitrogens with two attached hydrogens (primary N) is 1. The molecule has 2 rings (SSSR count). The highest BCUT2D eigenvalue weighted by molar-refractivity contribution is 5.79. The molecule has 2 saturated carbocycles. The Labute approximate surface area is 103 Å². The average Bonchev–Trinajstić information content (AvgIpc) is 2.77. The van der Waals surface area contributed by atoms with E-state index < -0.39 is 0 Å². The van der Waals surface area contributed by atoms with Gasteiger partial charge in [-0.05, 0) is 32.1 Å². The zero-order valence-corrected chi connectivity index (χ0v) is 10.7. The van der Waals surface area contributed by atoms with Gasteiger partial charge in [0.25, 0.3) is 0 Å². The summed E-state index contributed by atoms with van der Waals surface area (Å²) in [6.07, 6.45) is 7.60. The number of rotatable bonds is 3. The fraction of sp³-hybridized carbons (Fsp3) is 0.923. The molecular formula is C13H24N2O2. The predicted molar refractivity (Wildman–Crippen MR) is 66.5 cm³/mol. The molecule has 4 heteroatoms. The lowest BCUT2D eigenvalue weighted by Gasteiger charge is -2.28. The van der Waals surface area contributed by atoms with E-state index in [1.807, 2.05) is 0 Å². The fourth-order valence-electron chi connectivity index (χ4n) is 3.08. The molecular weight excluding hydrogens is 216 g/mol. The minimum absolute atomic E-state index is 0.0327. The first-order valence-electron chi connectivity index (χ1n) is 6.79. The number of ether oxygens (including phenoxy) is 1. The molecule has 4 nitrogen and oxygen atoms in total. The van der Waals surface area contributed by atoms with E-state index in [0.717, 1.165) is 38.5 Å². The number of carbonyl (C=O) groups is 1. The zero-order valence-electron chi connectivity index (χ0n) is 10.7. The highest BCUT2D eigenvalue weighted by Crippen LogP contribution is 2.25.